The van der Waals surface area contributed by atoms with E-state index in [2.05, 4.69) is 10.2 Å². The van der Waals surface area contributed by atoms with Crippen molar-refractivity contribution in [2.45, 2.75) is 0 Å². The van der Waals surface area contributed by atoms with E-state index >= 15 is 0 Å². The number of phenols is 1. The van der Waals surface area contributed by atoms with Gasteiger partial charge in [-0.3, -0.25) is 0 Å². The molecule has 0 heterocycles. The van der Waals surface area contributed by atoms with E-state index in [1.54, 1.807) is 24.3 Å². The van der Waals surface area contributed by atoms with Gasteiger partial charge in [0, 0.05) is 11.5 Å². The summed E-state index contributed by atoms with van der Waals surface area (Å²) < 4.78 is 13.5. The van der Waals surface area contributed by atoms with Gasteiger partial charge in [0.25, 0.3) is 0 Å². The van der Waals surface area contributed by atoms with Crippen molar-refractivity contribution in [1.82, 2.24) is 0 Å². The quantitative estimate of drug-likeness (QED) is 0.644. The fourth-order valence-electron chi connectivity index (χ4n) is 2.00. The fourth-order valence-corrected chi connectivity index (χ4v) is 2.00. The maximum atomic E-state index is 13.5. The minimum atomic E-state index is -0.430. The van der Waals surface area contributed by atoms with Gasteiger partial charge in [0.05, 0.1) is 5.69 Å². The first-order chi connectivity index (χ1) is 9.74. The van der Waals surface area contributed by atoms with Crippen LogP contribution in [0.1, 0.15) is 0 Å². The van der Waals surface area contributed by atoms with Gasteiger partial charge in [0.15, 0.2) is 5.82 Å². The summed E-state index contributed by atoms with van der Waals surface area (Å²) in [6, 6.07) is 16.8. The van der Waals surface area contributed by atoms with Gasteiger partial charge in [-0.25, -0.2) is 4.39 Å². The molecule has 0 radical (unpaired) electrons. The summed E-state index contributed by atoms with van der Waals surface area (Å²) in [6.45, 7) is 0. The van der Waals surface area contributed by atoms with Crippen LogP contribution in [0.25, 0.3) is 10.8 Å². The predicted molar refractivity (Wildman–Crippen MR) is 76.2 cm³/mol. The number of aromatic hydroxyl groups is 1. The standard InChI is InChI=1S/C16H11FN2O/c17-14-7-3-4-8-15(14)18-19-16-10-12(20)9-11-5-1-2-6-13(11)16/h1-10,20H. The number of halogens is 1. The minimum absolute atomic E-state index is 0.103. The van der Waals surface area contributed by atoms with Crippen LogP contribution in [0.4, 0.5) is 15.8 Å². The molecular formula is C16H11FN2O. The van der Waals surface area contributed by atoms with Crippen molar-refractivity contribution < 1.29 is 9.50 Å². The average molecular weight is 266 g/mol. The number of phenolic OH excluding ortho intramolecular Hbond substituents is 1. The molecule has 3 nitrogen and oxygen atoms in total. The molecular weight excluding hydrogens is 255 g/mol. The van der Waals surface area contributed by atoms with Gasteiger partial charge in [-0.2, -0.15) is 0 Å². The predicted octanol–water partition coefficient (Wildman–Crippen LogP) is 5.10. The molecule has 0 bridgehead atoms. The monoisotopic (exact) mass is 266 g/mol. The Hall–Kier alpha value is -2.75. The smallest absolute Gasteiger partial charge is 0.150 e. The highest BCUT2D eigenvalue weighted by Crippen LogP contribution is 2.32. The third kappa shape index (κ3) is 2.36. The number of fused-ring (bicyclic) bond motifs is 1. The molecule has 0 saturated carbocycles. The molecule has 4 heteroatoms. The maximum Gasteiger partial charge on any atom is 0.150 e. The highest BCUT2D eigenvalue weighted by Gasteiger charge is 2.03. The molecule has 0 spiro atoms. The number of azo groups is 1. The SMILES string of the molecule is Oc1cc(N=Nc2ccccc2F)c2ccccc2c1. The largest absolute Gasteiger partial charge is 0.508 e. The minimum Gasteiger partial charge on any atom is -0.508 e. The van der Waals surface area contributed by atoms with Gasteiger partial charge in [0.2, 0.25) is 0 Å². The van der Waals surface area contributed by atoms with Gasteiger partial charge in [-0.05, 0) is 23.6 Å². The lowest BCUT2D eigenvalue weighted by molar-refractivity contribution is 0.476. The topological polar surface area (TPSA) is 45.0 Å². The summed E-state index contributed by atoms with van der Waals surface area (Å²) in [5.41, 5.74) is 0.670. The third-order valence-electron chi connectivity index (χ3n) is 2.94. The van der Waals surface area contributed by atoms with Crippen molar-refractivity contribution in [3.05, 3.63) is 66.5 Å². The molecule has 0 unspecified atom stereocenters. The molecule has 98 valence electrons. The van der Waals surface area contributed by atoms with Crippen molar-refractivity contribution in [3.63, 3.8) is 0 Å². The zero-order valence-corrected chi connectivity index (χ0v) is 10.5. The number of hydrogen-bond donors (Lipinski definition) is 1. The first-order valence-corrected chi connectivity index (χ1v) is 6.12. The number of benzene rings is 3. The Bertz CT molecular complexity index is 799. The van der Waals surface area contributed by atoms with E-state index in [1.165, 1.54) is 12.1 Å². The van der Waals surface area contributed by atoms with E-state index in [1.807, 2.05) is 24.3 Å². The van der Waals surface area contributed by atoms with Crippen LogP contribution in [-0.2, 0) is 0 Å². The number of rotatable bonds is 2. The number of hydrogen-bond acceptors (Lipinski definition) is 3. The molecule has 3 aromatic rings. The first-order valence-electron chi connectivity index (χ1n) is 6.12. The highest BCUT2D eigenvalue weighted by molar-refractivity contribution is 5.93. The van der Waals surface area contributed by atoms with Crippen LogP contribution in [0, 0.1) is 5.82 Å². The summed E-state index contributed by atoms with van der Waals surface area (Å²) in [6.07, 6.45) is 0. The van der Waals surface area contributed by atoms with Crippen molar-refractivity contribution in [3.8, 4) is 5.75 Å². The van der Waals surface area contributed by atoms with Crippen LogP contribution < -0.4 is 0 Å². The molecule has 0 aliphatic heterocycles. The Morgan fingerprint density at radius 1 is 0.800 bits per heavy atom. The van der Waals surface area contributed by atoms with Crippen LogP contribution in [0.2, 0.25) is 0 Å². The Labute approximate surface area is 115 Å². The fraction of sp³-hybridized carbons (Fsp3) is 0. The van der Waals surface area contributed by atoms with E-state index in [9.17, 15) is 9.50 Å². The molecule has 0 saturated heterocycles. The molecule has 0 fully saturated rings. The Morgan fingerprint density at radius 3 is 2.35 bits per heavy atom. The second kappa shape index (κ2) is 5.09. The molecule has 3 aromatic carbocycles. The summed E-state index contributed by atoms with van der Waals surface area (Å²) >= 11 is 0. The van der Waals surface area contributed by atoms with E-state index < -0.39 is 5.82 Å². The molecule has 0 atom stereocenters. The Kier molecular flexibility index (Phi) is 3.13. The maximum absolute atomic E-state index is 13.5. The molecule has 20 heavy (non-hydrogen) atoms. The zero-order chi connectivity index (χ0) is 13.9. The summed E-state index contributed by atoms with van der Waals surface area (Å²) in [4.78, 5) is 0. The van der Waals surface area contributed by atoms with E-state index in [4.69, 9.17) is 0 Å². The lowest BCUT2D eigenvalue weighted by Gasteiger charge is -2.02. The van der Waals surface area contributed by atoms with E-state index in [0.29, 0.717) is 5.69 Å². The van der Waals surface area contributed by atoms with Crippen LogP contribution in [-0.4, -0.2) is 5.11 Å². The number of nitrogens with zero attached hydrogens (tertiary/aromatic N) is 2. The van der Waals surface area contributed by atoms with Gasteiger partial charge in [0.1, 0.15) is 11.4 Å². The van der Waals surface area contributed by atoms with Gasteiger partial charge in [-0.1, -0.05) is 36.4 Å². The van der Waals surface area contributed by atoms with Crippen LogP contribution >= 0.6 is 0 Å². The molecule has 0 aromatic heterocycles. The summed E-state index contributed by atoms with van der Waals surface area (Å²) in [5.74, 6) is -0.327. The van der Waals surface area contributed by atoms with Crippen LogP contribution in [0.3, 0.4) is 0 Å². The van der Waals surface area contributed by atoms with Gasteiger partial charge < -0.3 is 5.11 Å². The van der Waals surface area contributed by atoms with Gasteiger partial charge >= 0.3 is 0 Å². The summed E-state index contributed by atoms with van der Waals surface area (Å²) in [5, 5.41) is 19.4. The van der Waals surface area contributed by atoms with Crippen molar-refractivity contribution >= 4 is 22.1 Å². The van der Waals surface area contributed by atoms with Crippen LogP contribution in [0.15, 0.2) is 70.9 Å². The van der Waals surface area contributed by atoms with Gasteiger partial charge in [-0.15, -0.1) is 10.2 Å². The molecule has 3 rings (SSSR count). The molecule has 0 aliphatic rings. The Balaban J connectivity index is 2.09. The molecule has 0 aliphatic carbocycles. The third-order valence-corrected chi connectivity index (χ3v) is 2.94. The normalized spacial score (nSPS) is 11.2. The van der Waals surface area contributed by atoms with Crippen molar-refractivity contribution in [2.24, 2.45) is 10.2 Å². The van der Waals surface area contributed by atoms with E-state index in [0.717, 1.165) is 10.8 Å². The molecule has 0 amide bonds. The van der Waals surface area contributed by atoms with E-state index in [-0.39, 0.29) is 11.4 Å². The lowest BCUT2D eigenvalue weighted by atomic mass is 10.1. The second-order valence-corrected chi connectivity index (χ2v) is 4.34. The lowest BCUT2D eigenvalue weighted by Crippen LogP contribution is -1.75. The highest BCUT2D eigenvalue weighted by atomic mass is 19.1. The van der Waals surface area contributed by atoms with Crippen molar-refractivity contribution in [1.29, 1.82) is 0 Å². The first kappa shape index (κ1) is 12.3. The molecule has 1 N–H and O–H groups in total. The van der Waals surface area contributed by atoms with Crippen molar-refractivity contribution in [2.75, 3.05) is 0 Å². The average Bonchev–Trinajstić information content (AvgIpc) is 2.46. The second-order valence-electron chi connectivity index (χ2n) is 4.34. The van der Waals surface area contributed by atoms with Crippen LogP contribution in [0.5, 0.6) is 5.75 Å². The summed E-state index contributed by atoms with van der Waals surface area (Å²) in [7, 11) is 0. The Morgan fingerprint density at radius 2 is 1.50 bits per heavy atom. The zero-order valence-electron chi connectivity index (χ0n) is 10.5.